The highest BCUT2D eigenvalue weighted by atomic mass is 79.9. The topological polar surface area (TPSA) is 30.7 Å². The first kappa shape index (κ1) is 13.8. The molecule has 0 amide bonds. The van der Waals surface area contributed by atoms with E-state index in [0.717, 1.165) is 16.0 Å². The Hall–Kier alpha value is -0.580. The second kappa shape index (κ2) is 4.83. The van der Waals surface area contributed by atoms with Crippen molar-refractivity contribution in [3.05, 3.63) is 38.8 Å². The quantitative estimate of drug-likeness (QED) is 0.751. The molecule has 1 aromatic heterocycles. The maximum absolute atomic E-state index is 6.12. The van der Waals surface area contributed by atoms with Crippen LogP contribution in [0, 0.1) is 0 Å². The Bertz CT molecular complexity index is 587. The van der Waals surface area contributed by atoms with Crippen molar-refractivity contribution in [2.24, 2.45) is 0 Å². The van der Waals surface area contributed by atoms with E-state index in [9.17, 15) is 0 Å². The van der Waals surface area contributed by atoms with Gasteiger partial charge in [0.25, 0.3) is 0 Å². The lowest BCUT2D eigenvalue weighted by molar-refractivity contribution is 0.533. The molecular formula is C12H12BrCl2N3. The van der Waals surface area contributed by atoms with Crippen LogP contribution in [0.3, 0.4) is 0 Å². The molecule has 3 nitrogen and oxygen atoms in total. The summed E-state index contributed by atoms with van der Waals surface area (Å²) in [5.74, 6) is 0.807. The van der Waals surface area contributed by atoms with Gasteiger partial charge in [-0.05, 0) is 45.7 Å². The average molecular weight is 349 g/mol. The van der Waals surface area contributed by atoms with Gasteiger partial charge in [-0.3, -0.25) is 4.57 Å². The summed E-state index contributed by atoms with van der Waals surface area (Å²) < 4.78 is 2.63. The van der Waals surface area contributed by atoms with Crippen LogP contribution < -0.4 is 0 Å². The molecule has 96 valence electrons. The lowest BCUT2D eigenvalue weighted by Crippen LogP contribution is -2.18. The summed E-state index contributed by atoms with van der Waals surface area (Å²) in [6.07, 6.45) is 0. The van der Waals surface area contributed by atoms with Crippen LogP contribution >= 0.6 is 39.1 Å². The van der Waals surface area contributed by atoms with E-state index in [2.05, 4.69) is 46.9 Å². The second-order valence-corrected chi connectivity index (χ2v) is 6.58. The van der Waals surface area contributed by atoms with Crippen LogP contribution in [0.1, 0.15) is 26.6 Å². The molecule has 0 aliphatic heterocycles. The minimum absolute atomic E-state index is 0.147. The molecule has 2 rings (SSSR count). The van der Waals surface area contributed by atoms with Gasteiger partial charge in [0.1, 0.15) is 5.82 Å². The highest BCUT2D eigenvalue weighted by molar-refractivity contribution is 9.10. The first-order valence-corrected chi connectivity index (χ1v) is 6.92. The van der Waals surface area contributed by atoms with E-state index in [0.29, 0.717) is 10.3 Å². The first-order valence-electron chi connectivity index (χ1n) is 5.37. The van der Waals surface area contributed by atoms with Crippen LogP contribution in [0.25, 0.3) is 5.69 Å². The molecule has 1 aromatic carbocycles. The molecule has 0 radical (unpaired) electrons. The van der Waals surface area contributed by atoms with Crippen LogP contribution in [0.4, 0.5) is 0 Å². The van der Waals surface area contributed by atoms with Gasteiger partial charge in [0.15, 0.2) is 0 Å². The standard InChI is InChI=1S/C12H12BrCl2N3/c1-12(2,3)10-16-17-11(15)18(10)7-4-5-9(14)8(13)6-7/h4-6H,1-3H3. The largest absolute Gasteiger partial charge is 0.269 e. The van der Waals surface area contributed by atoms with Gasteiger partial charge >= 0.3 is 0 Å². The van der Waals surface area contributed by atoms with E-state index in [1.54, 1.807) is 0 Å². The average Bonchev–Trinajstić information content (AvgIpc) is 2.64. The van der Waals surface area contributed by atoms with Crippen LogP contribution in [0.15, 0.2) is 22.7 Å². The van der Waals surface area contributed by atoms with Crippen LogP contribution in [-0.2, 0) is 5.41 Å². The third kappa shape index (κ3) is 2.56. The number of rotatable bonds is 1. The summed E-state index contributed by atoms with van der Waals surface area (Å²) in [4.78, 5) is 0. The molecule has 0 unspecified atom stereocenters. The van der Waals surface area contributed by atoms with Gasteiger partial charge in [0.05, 0.1) is 10.7 Å². The monoisotopic (exact) mass is 347 g/mol. The Morgan fingerprint density at radius 1 is 1.17 bits per heavy atom. The zero-order valence-electron chi connectivity index (χ0n) is 10.2. The molecule has 6 heteroatoms. The van der Waals surface area contributed by atoms with Crippen molar-refractivity contribution in [3.8, 4) is 5.69 Å². The molecule has 0 saturated heterocycles. The predicted molar refractivity (Wildman–Crippen MR) is 77.8 cm³/mol. The molecule has 0 N–H and O–H groups in total. The van der Waals surface area contributed by atoms with Crippen molar-refractivity contribution in [2.45, 2.75) is 26.2 Å². The van der Waals surface area contributed by atoms with E-state index in [1.807, 2.05) is 22.8 Å². The van der Waals surface area contributed by atoms with E-state index in [4.69, 9.17) is 23.2 Å². The zero-order valence-corrected chi connectivity index (χ0v) is 13.3. The highest BCUT2D eigenvalue weighted by Crippen LogP contribution is 2.30. The van der Waals surface area contributed by atoms with Gasteiger partial charge in [-0.15, -0.1) is 10.2 Å². The number of nitrogens with zero attached hydrogens (tertiary/aromatic N) is 3. The molecule has 1 heterocycles. The molecule has 0 bridgehead atoms. The Morgan fingerprint density at radius 3 is 2.39 bits per heavy atom. The third-order valence-corrected chi connectivity index (χ3v) is 3.91. The Kier molecular flexibility index (Phi) is 3.72. The summed E-state index contributed by atoms with van der Waals surface area (Å²) in [6, 6.07) is 5.59. The van der Waals surface area contributed by atoms with Crippen molar-refractivity contribution in [3.63, 3.8) is 0 Å². The van der Waals surface area contributed by atoms with Gasteiger partial charge < -0.3 is 0 Å². The number of benzene rings is 1. The molecule has 0 fully saturated rings. The predicted octanol–water partition coefficient (Wildman–Crippen LogP) is 4.63. The van der Waals surface area contributed by atoms with E-state index >= 15 is 0 Å². The van der Waals surface area contributed by atoms with Crippen molar-refractivity contribution in [2.75, 3.05) is 0 Å². The van der Waals surface area contributed by atoms with E-state index in [1.165, 1.54) is 0 Å². The number of aromatic nitrogens is 3. The van der Waals surface area contributed by atoms with Gasteiger partial charge in [-0.2, -0.15) is 0 Å². The molecular weight excluding hydrogens is 337 g/mol. The summed E-state index contributed by atoms with van der Waals surface area (Å²) in [5, 5.41) is 9.08. The van der Waals surface area contributed by atoms with E-state index in [-0.39, 0.29) is 5.41 Å². The number of halogens is 3. The minimum atomic E-state index is -0.147. The lowest BCUT2D eigenvalue weighted by Gasteiger charge is -2.19. The molecule has 2 aromatic rings. The lowest BCUT2D eigenvalue weighted by atomic mass is 9.95. The van der Waals surface area contributed by atoms with Crippen molar-refractivity contribution >= 4 is 39.1 Å². The second-order valence-electron chi connectivity index (χ2n) is 4.98. The Morgan fingerprint density at radius 2 is 1.83 bits per heavy atom. The third-order valence-electron chi connectivity index (χ3n) is 2.46. The normalized spacial score (nSPS) is 11.9. The molecule has 0 spiro atoms. The van der Waals surface area contributed by atoms with E-state index < -0.39 is 0 Å². The van der Waals surface area contributed by atoms with Gasteiger partial charge in [0, 0.05) is 9.89 Å². The number of hydrogen-bond acceptors (Lipinski definition) is 2. The van der Waals surface area contributed by atoms with Crippen molar-refractivity contribution in [1.29, 1.82) is 0 Å². The molecule has 18 heavy (non-hydrogen) atoms. The number of hydrogen-bond donors (Lipinski definition) is 0. The van der Waals surface area contributed by atoms with Gasteiger partial charge in [0.2, 0.25) is 5.28 Å². The van der Waals surface area contributed by atoms with Crippen molar-refractivity contribution < 1.29 is 0 Å². The Balaban J connectivity index is 2.63. The summed E-state index contributed by atoms with van der Waals surface area (Å²) in [6.45, 7) is 6.19. The van der Waals surface area contributed by atoms with Gasteiger partial charge in [-0.1, -0.05) is 32.4 Å². The van der Waals surface area contributed by atoms with Crippen LogP contribution in [0.5, 0.6) is 0 Å². The Labute approximate surface area is 124 Å². The first-order chi connectivity index (χ1) is 8.30. The maximum Gasteiger partial charge on any atom is 0.229 e. The molecule has 0 atom stereocenters. The van der Waals surface area contributed by atoms with Crippen LogP contribution in [0.2, 0.25) is 10.3 Å². The molecule has 0 aliphatic rings. The van der Waals surface area contributed by atoms with Crippen molar-refractivity contribution in [1.82, 2.24) is 14.8 Å². The summed E-state index contributed by atoms with van der Waals surface area (Å²) >= 11 is 15.5. The highest BCUT2D eigenvalue weighted by Gasteiger charge is 2.24. The fourth-order valence-electron chi connectivity index (χ4n) is 1.60. The fourth-order valence-corrected chi connectivity index (χ4v) is 2.30. The maximum atomic E-state index is 6.12. The van der Waals surface area contributed by atoms with Crippen LogP contribution in [-0.4, -0.2) is 14.8 Å². The molecule has 0 saturated carbocycles. The smallest absolute Gasteiger partial charge is 0.229 e. The summed E-state index contributed by atoms with van der Waals surface area (Å²) in [5.41, 5.74) is 0.734. The van der Waals surface area contributed by atoms with Gasteiger partial charge in [-0.25, -0.2) is 0 Å². The zero-order chi connectivity index (χ0) is 13.5. The molecule has 0 aliphatic carbocycles. The SMILES string of the molecule is CC(C)(C)c1nnc(Cl)n1-c1ccc(Cl)c(Br)c1. The summed E-state index contributed by atoms with van der Waals surface area (Å²) in [7, 11) is 0. The fraction of sp³-hybridized carbons (Fsp3) is 0.333. The minimum Gasteiger partial charge on any atom is -0.269 e.